The number of hydrogen-bond donors (Lipinski definition) is 0. The molecule has 0 heterocycles. The zero-order valence-corrected chi connectivity index (χ0v) is 32.3. The molecule has 7 aromatic carbocycles. The summed E-state index contributed by atoms with van der Waals surface area (Å²) in [5.41, 5.74) is 18.9. The van der Waals surface area contributed by atoms with Crippen LogP contribution in [0.1, 0.15) is 49.9 Å². The van der Waals surface area contributed by atoms with E-state index in [0.29, 0.717) is 0 Å². The second kappa shape index (κ2) is 11.9. The summed E-state index contributed by atoms with van der Waals surface area (Å²) >= 11 is 7.31. The normalized spacial score (nSPS) is 14.4. The summed E-state index contributed by atoms with van der Waals surface area (Å²) < 4.78 is 2.11. The third kappa shape index (κ3) is 5.16. The van der Waals surface area contributed by atoms with E-state index in [1.165, 1.54) is 66.8 Å². The number of rotatable bonds is 5. The fourth-order valence-corrected chi connectivity index (χ4v) is 9.06. The number of fused-ring (bicyclic) bond motifs is 6. The van der Waals surface area contributed by atoms with Crippen LogP contribution in [0.4, 0.5) is 17.1 Å². The van der Waals surface area contributed by atoms with E-state index in [-0.39, 0.29) is 10.8 Å². The van der Waals surface area contributed by atoms with Gasteiger partial charge in [0.1, 0.15) is 0 Å². The van der Waals surface area contributed by atoms with E-state index < -0.39 is 0 Å². The second-order valence-electron chi connectivity index (χ2n) is 14.9. The molecule has 7 aromatic rings. The first-order valence-corrected chi connectivity index (χ1v) is 19.1. The fourth-order valence-electron chi connectivity index (χ4n) is 8.53. The van der Waals surface area contributed by atoms with Crippen LogP contribution in [0.25, 0.3) is 44.5 Å². The SMILES string of the molecule is CC1(C)c2ccccc2-c2ccc(-c3ccc(N(c4ccc(Br)cc4)c4ccc(Br)cc4)cc3-c3ccc4c(c3)C(C)(C)c3ccccc3-4)cc21. The van der Waals surface area contributed by atoms with Gasteiger partial charge in [-0.1, -0.05) is 138 Å². The van der Waals surface area contributed by atoms with Crippen LogP contribution >= 0.6 is 31.9 Å². The van der Waals surface area contributed by atoms with Crippen LogP contribution in [0.3, 0.4) is 0 Å². The zero-order chi connectivity index (χ0) is 35.1. The first kappa shape index (κ1) is 32.2. The van der Waals surface area contributed by atoms with Crippen molar-refractivity contribution < 1.29 is 0 Å². The smallest absolute Gasteiger partial charge is 0.0468 e. The molecule has 0 bridgehead atoms. The molecule has 0 spiro atoms. The average molecular weight is 788 g/mol. The first-order valence-electron chi connectivity index (χ1n) is 17.6. The number of nitrogens with zero attached hydrogens (tertiary/aromatic N) is 1. The molecule has 0 aromatic heterocycles. The van der Waals surface area contributed by atoms with Gasteiger partial charge < -0.3 is 4.90 Å². The lowest BCUT2D eigenvalue weighted by Gasteiger charge is -2.27. The Kier molecular flexibility index (Phi) is 7.54. The average Bonchev–Trinajstić information content (AvgIpc) is 3.52. The van der Waals surface area contributed by atoms with Crippen molar-refractivity contribution in [3.05, 3.63) is 183 Å². The Labute approximate surface area is 317 Å². The molecule has 9 rings (SSSR count). The molecule has 0 radical (unpaired) electrons. The summed E-state index contributed by atoms with van der Waals surface area (Å²) in [5, 5.41) is 0. The maximum absolute atomic E-state index is 3.65. The van der Waals surface area contributed by atoms with Gasteiger partial charge >= 0.3 is 0 Å². The van der Waals surface area contributed by atoms with E-state index in [2.05, 4.69) is 216 Å². The van der Waals surface area contributed by atoms with Gasteiger partial charge in [-0.25, -0.2) is 0 Å². The predicted molar refractivity (Wildman–Crippen MR) is 223 cm³/mol. The van der Waals surface area contributed by atoms with Gasteiger partial charge in [0.15, 0.2) is 0 Å². The molecule has 0 saturated heterocycles. The topological polar surface area (TPSA) is 3.24 Å². The molecule has 0 atom stereocenters. The zero-order valence-electron chi connectivity index (χ0n) is 29.1. The highest BCUT2D eigenvalue weighted by atomic mass is 79.9. The van der Waals surface area contributed by atoms with Crippen molar-refractivity contribution in [2.45, 2.75) is 38.5 Å². The van der Waals surface area contributed by atoms with Crippen molar-refractivity contribution in [3.63, 3.8) is 0 Å². The molecule has 0 fully saturated rings. The second-order valence-corrected chi connectivity index (χ2v) is 16.7. The first-order chi connectivity index (χ1) is 24.6. The van der Waals surface area contributed by atoms with Crippen LogP contribution in [0.15, 0.2) is 161 Å². The van der Waals surface area contributed by atoms with Gasteiger partial charge in [-0.2, -0.15) is 0 Å². The summed E-state index contributed by atoms with van der Waals surface area (Å²) in [6.07, 6.45) is 0. The van der Waals surface area contributed by atoms with E-state index in [1.54, 1.807) is 0 Å². The lowest BCUT2D eigenvalue weighted by atomic mass is 9.80. The molecule has 51 heavy (non-hydrogen) atoms. The molecule has 0 N–H and O–H groups in total. The minimum absolute atomic E-state index is 0.0780. The molecule has 3 heteroatoms. The van der Waals surface area contributed by atoms with Crippen LogP contribution in [0.5, 0.6) is 0 Å². The third-order valence-corrected chi connectivity index (χ3v) is 12.3. The number of hydrogen-bond acceptors (Lipinski definition) is 1. The van der Waals surface area contributed by atoms with Gasteiger partial charge in [0.05, 0.1) is 0 Å². The third-order valence-electron chi connectivity index (χ3n) is 11.2. The Hall–Kier alpha value is -4.70. The van der Waals surface area contributed by atoms with E-state index in [9.17, 15) is 0 Å². The van der Waals surface area contributed by atoms with Crippen molar-refractivity contribution >= 4 is 48.9 Å². The summed E-state index contributed by atoms with van der Waals surface area (Å²) in [7, 11) is 0. The molecule has 0 amide bonds. The Morgan fingerprint density at radius 3 is 1.24 bits per heavy atom. The summed E-state index contributed by atoms with van der Waals surface area (Å²) in [6, 6.07) is 56.2. The van der Waals surface area contributed by atoms with Crippen molar-refractivity contribution in [1.82, 2.24) is 0 Å². The molecule has 0 unspecified atom stereocenters. The van der Waals surface area contributed by atoms with E-state index in [0.717, 1.165) is 26.0 Å². The molecule has 2 aliphatic carbocycles. The monoisotopic (exact) mass is 785 g/mol. The molecule has 248 valence electrons. The van der Waals surface area contributed by atoms with Gasteiger partial charge in [-0.3, -0.25) is 0 Å². The van der Waals surface area contributed by atoms with E-state index in [4.69, 9.17) is 0 Å². The van der Waals surface area contributed by atoms with Crippen LogP contribution in [0.2, 0.25) is 0 Å². The van der Waals surface area contributed by atoms with Crippen LogP contribution in [-0.4, -0.2) is 0 Å². The van der Waals surface area contributed by atoms with E-state index in [1.807, 2.05) is 0 Å². The molecule has 0 saturated carbocycles. The highest BCUT2D eigenvalue weighted by Gasteiger charge is 2.37. The molecule has 0 aliphatic heterocycles. The Morgan fingerprint density at radius 2 is 0.745 bits per heavy atom. The highest BCUT2D eigenvalue weighted by molar-refractivity contribution is 9.10. The fraction of sp³-hybridized carbons (Fsp3) is 0.125. The van der Waals surface area contributed by atoms with Crippen LogP contribution in [-0.2, 0) is 10.8 Å². The largest absolute Gasteiger partial charge is 0.310 e. The highest BCUT2D eigenvalue weighted by Crippen LogP contribution is 2.52. The molecular formula is C48H37Br2N. The van der Waals surface area contributed by atoms with Gasteiger partial charge in [0.2, 0.25) is 0 Å². The Bertz CT molecular complexity index is 2440. The summed E-state index contributed by atoms with van der Waals surface area (Å²) in [4.78, 5) is 2.35. The van der Waals surface area contributed by atoms with Crippen molar-refractivity contribution in [3.8, 4) is 44.5 Å². The van der Waals surface area contributed by atoms with Crippen LogP contribution < -0.4 is 4.90 Å². The quantitative estimate of drug-likeness (QED) is 0.168. The lowest BCUT2D eigenvalue weighted by molar-refractivity contribution is 0.660. The van der Waals surface area contributed by atoms with E-state index >= 15 is 0 Å². The maximum Gasteiger partial charge on any atom is 0.0468 e. The summed E-state index contributed by atoms with van der Waals surface area (Å²) in [5.74, 6) is 0. The van der Waals surface area contributed by atoms with Crippen molar-refractivity contribution in [2.75, 3.05) is 4.90 Å². The van der Waals surface area contributed by atoms with Crippen molar-refractivity contribution in [2.24, 2.45) is 0 Å². The molecule has 1 nitrogen and oxygen atoms in total. The minimum atomic E-state index is -0.0933. The number of anilines is 3. The molecule has 2 aliphatic rings. The summed E-state index contributed by atoms with van der Waals surface area (Å²) in [6.45, 7) is 9.45. The van der Waals surface area contributed by atoms with Crippen LogP contribution in [0, 0.1) is 0 Å². The Morgan fingerprint density at radius 1 is 0.353 bits per heavy atom. The van der Waals surface area contributed by atoms with Gasteiger partial charge in [-0.15, -0.1) is 0 Å². The van der Waals surface area contributed by atoms with Crippen molar-refractivity contribution in [1.29, 1.82) is 0 Å². The minimum Gasteiger partial charge on any atom is -0.310 e. The maximum atomic E-state index is 3.65. The number of halogens is 2. The predicted octanol–water partition coefficient (Wildman–Crippen LogP) is 14.6. The lowest BCUT2D eigenvalue weighted by Crippen LogP contribution is -2.15. The standard InChI is InChI=1S/C48H37Br2N/c1-47(2)43-11-7-5-9-38(43)40-24-13-30(27-45(40)47)37-26-23-36(51(34-19-15-32(49)16-20-34)35-21-17-33(50)18-22-35)29-42(37)31-14-25-41-39-10-6-8-12-44(39)48(3,4)46(41)28-31/h5-29H,1-4H3. The van der Waals surface area contributed by atoms with Gasteiger partial charge in [0, 0.05) is 36.8 Å². The van der Waals surface area contributed by atoms with Gasteiger partial charge in [-0.05, 0) is 140 Å². The number of benzene rings is 7. The molecular weight excluding hydrogens is 750 g/mol. The Balaban J connectivity index is 1.26. The van der Waals surface area contributed by atoms with Gasteiger partial charge in [0.25, 0.3) is 0 Å².